The summed E-state index contributed by atoms with van der Waals surface area (Å²) in [5, 5.41) is 4.31. The van der Waals surface area contributed by atoms with Crippen molar-refractivity contribution in [2.75, 3.05) is 0 Å². The first kappa shape index (κ1) is 13.2. The number of hydrogen-bond donors (Lipinski definition) is 1. The molecular weight excluding hydrogens is 198 g/mol. The van der Waals surface area contributed by atoms with Gasteiger partial charge >= 0.3 is 0 Å². The normalized spacial score (nSPS) is 12.9. The molecule has 0 fully saturated rings. The zero-order valence-corrected chi connectivity index (χ0v) is 10.7. The average Bonchev–Trinajstić information content (AvgIpc) is 2.72. The van der Waals surface area contributed by atoms with Gasteiger partial charge in [-0.05, 0) is 13.3 Å². The van der Waals surface area contributed by atoms with Crippen molar-refractivity contribution in [1.29, 1.82) is 0 Å². The quantitative estimate of drug-likeness (QED) is 0.687. The summed E-state index contributed by atoms with van der Waals surface area (Å²) in [5.74, 6) is 0. The summed E-state index contributed by atoms with van der Waals surface area (Å²) in [6, 6.07) is 0.0957. The van der Waals surface area contributed by atoms with E-state index in [0.717, 1.165) is 12.1 Å². The van der Waals surface area contributed by atoms with Gasteiger partial charge in [-0.25, -0.2) is 0 Å². The number of unbranched alkanes of at least 4 members (excludes halogenated alkanes) is 5. The molecular formula is C13H25N3. The standard InChI is InChI=1S/C13H25N3/c1-3-4-5-6-7-8-9-16-11-13(10-15-16)12(2)14/h10-12H,3-9,14H2,1-2H3. The van der Waals surface area contributed by atoms with Crippen molar-refractivity contribution in [3.63, 3.8) is 0 Å². The number of nitrogens with zero attached hydrogens (tertiary/aromatic N) is 2. The fraction of sp³-hybridized carbons (Fsp3) is 0.769. The highest BCUT2D eigenvalue weighted by molar-refractivity contribution is 5.07. The third-order valence-electron chi connectivity index (χ3n) is 2.92. The van der Waals surface area contributed by atoms with Gasteiger partial charge in [0.15, 0.2) is 0 Å². The van der Waals surface area contributed by atoms with E-state index in [1.54, 1.807) is 0 Å². The molecule has 0 bridgehead atoms. The smallest absolute Gasteiger partial charge is 0.0537 e. The molecule has 2 N–H and O–H groups in total. The maximum Gasteiger partial charge on any atom is 0.0537 e. The van der Waals surface area contributed by atoms with Crippen LogP contribution < -0.4 is 5.73 Å². The van der Waals surface area contributed by atoms with Crippen LogP contribution in [0, 0.1) is 0 Å². The number of hydrogen-bond acceptors (Lipinski definition) is 2. The Morgan fingerprint density at radius 3 is 2.56 bits per heavy atom. The highest BCUT2D eigenvalue weighted by Gasteiger charge is 2.02. The Kier molecular flexibility index (Phi) is 6.16. The number of aryl methyl sites for hydroxylation is 1. The molecule has 0 aliphatic rings. The van der Waals surface area contributed by atoms with Crippen LogP contribution in [0.25, 0.3) is 0 Å². The molecule has 1 unspecified atom stereocenters. The minimum atomic E-state index is 0.0957. The summed E-state index contributed by atoms with van der Waals surface area (Å²) in [7, 11) is 0. The van der Waals surface area contributed by atoms with Crippen molar-refractivity contribution >= 4 is 0 Å². The molecule has 16 heavy (non-hydrogen) atoms. The fourth-order valence-corrected chi connectivity index (χ4v) is 1.79. The zero-order chi connectivity index (χ0) is 11.8. The van der Waals surface area contributed by atoms with E-state index in [9.17, 15) is 0 Å². The van der Waals surface area contributed by atoms with E-state index in [2.05, 4.69) is 18.2 Å². The minimum Gasteiger partial charge on any atom is -0.324 e. The monoisotopic (exact) mass is 223 g/mol. The summed E-state index contributed by atoms with van der Waals surface area (Å²) in [5.41, 5.74) is 6.91. The Morgan fingerprint density at radius 1 is 1.25 bits per heavy atom. The lowest BCUT2D eigenvalue weighted by atomic mass is 10.1. The van der Waals surface area contributed by atoms with Crippen molar-refractivity contribution in [3.05, 3.63) is 18.0 Å². The maximum atomic E-state index is 5.78. The Labute approximate surface area is 99.0 Å². The molecule has 0 aliphatic heterocycles. The molecule has 1 aromatic heterocycles. The van der Waals surface area contributed by atoms with Crippen LogP contribution in [-0.4, -0.2) is 9.78 Å². The van der Waals surface area contributed by atoms with E-state index >= 15 is 0 Å². The molecule has 1 aromatic rings. The third-order valence-corrected chi connectivity index (χ3v) is 2.92. The highest BCUT2D eigenvalue weighted by Crippen LogP contribution is 2.09. The molecule has 3 nitrogen and oxygen atoms in total. The summed E-state index contributed by atoms with van der Waals surface area (Å²) in [6.45, 7) is 5.27. The fourth-order valence-electron chi connectivity index (χ4n) is 1.79. The Balaban J connectivity index is 2.12. The van der Waals surface area contributed by atoms with Gasteiger partial charge in [0.25, 0.3) is 0 Å². The third kappa shape index (κ3) is 4.79. The van der Waals surface area contributed by atoms with Crippen LogP contribution >= 0.6 is 0 Å². The second-order valence-corrected chi connectivity index (χ2v) is 4.59. The topological polar surface area (TPSA) is 43.8 Å². The molecule has 0 aromatic carbocycles. The van der Waals surface area contributed by atoms with Gasteiger partial charge in [0.1, 0.15) is 0 Å². The largest absolute Gasteiger partial charge is 0.324 e. The van der Waals surface area contributed by atoms with Crippen LogP contribution in [0.3, 0.4) is 0 Å². The van der Waals surface area contributed by atoms with E-state index < -0.39 is 0 Å². The first-order valence-corrected chi connectivity index (χ1v) is 6.52. The summed E-state index contributed by atoms with van der Waals surface area (Å²) in [6.07, 6.45) is 11.9. The van der Waals surface area contributed by atoms with E-state index in [4.69, 9.17) is 5.73 Å². The molecule has 0 spiro atoms. The minimum absolute atomic E-state index is 0.0957. The van der Waals surface area contributed by atoms with Crippen LogP contribution in [0.15, 0.2) is 12.4 Å². The van der Waals surface area contributed by atoms with Gasteiger partial charge < -0.3 is 5.73 Å². The van der Waals surface area contributed by atoms with Gasteiger partial charge in [0.05, 0.1) is 6.20 Å². The SMILES string of the molecule is CCCCCCCCn1cc(C(C)N)cn1. The molecule has 0 aliphatic carbocycles. The van der Waals surface area contributed by atoms with Crippen molar-refractivity contribution in [1.82, 2.24) is 9.78 Å². The molecule has 0 saturated carbocycles. The van der Waals surface area contributed by atoms with Gasteiger partial charge in [0.2, 0.25) is 0 Å². The molecule has 1 rings (SSSR count). The predicted molar refractivity (Wildman–Crippen MR) is 68.2 cm³/mol. The number of rotatable bonds is 8. The summed E-state index contributed by atoms with van der Waals surface area (Å²) in [4.78, 5) is 0. The zero-order valence-electron chi connectivity index (χ0n) is 10.7. The second-order valence-electron chi connectivity index (χ2n) is 4.59. The van der Waals surface area contributed by atoms with E-state index in [-0.39, 0.29) is 6.04 Å². The Hall–Kier alpha value is -0.830. The van der Waals surface area contributed by atoms with Gasteiger partial charge in [-0.1, -0.05) is 39.0 Å². The second kappa shape index (κ2) is 7.44. The highest BCUT2D eigenvalue weighted by atomic mass is 15.3. The predicted octanol–water partition coefficient (Wildman–Crippen LogP) is 3.26. The van der Waals surface area contributed by atoms with E-state index in [1.807, 2.05) is 17.8 Å². The van der Waals surface area contributed by atoms with Crippen LogP contribution in [-0.2, 0) is 6.54 Å². The number of nitrogens with two attached hydrogens (primary N) is 1. The molecule has 92 valence electrons. The van der Waals surface area contributed by atoms with Gasteiger partial charge in [-0.15, -0.1) is 0 Å². The van der Waals surface area contributed by atoms with Crippen LogP contribution in [0.1, 0.15) is 64.0 Å². The lowest BCUT2D eigenvalue weighted by molar-refractivity contribution is 0.527. The van der Waals surface area contributed by atoms with Crippen LogP contribution in [0.5, 0.6) is 0 Å². The first-order chi connectivity index (χ1) is 7.74. The average molecular weight is 223 g/mol. The summed E-state index contributed by atoms with van der Waals surface area (Å²) < 4.78 is 2.01. The van der Waals surface area contributed by atoms with E-state index in [1.165, 1.54) is 38.5 Å². The molecule has 0 saturated heterocycles. The lowest BCUT2D eigenvalue weighted by Gasteiger charge is -2.02. The Morgan fingerprint density at radius 2 is 1.94 bits per heavy atom. The molecule has 1 heterocycles. The van der Waals surface area contributed by atoms with Gasteiger partial charge in [0, 0.05) is 24.3 Å². The molecule has 1 atom stereocenters. The van der Waals surface area contributed by atoms with E-state index in [0.29, 0.717) is 0 Å². The van der Waals surface area contributed by atoms with Crippen molar-refractivity contribution in [2.45, 2.75) is 65.0 Å². The van der Waals surface area contributed by atoms with Crippen LogP contribution in [0.2, 0.25) is 0 Å². The lowest BCUT2D eigenvalue weighted by Crippen LogP contribution is -2.03. The molecule has 0 amide bonds. The molecule has 0 radical (unpaired) electrons. The van der Waals surface area contributed by atoms with Gasteiger partial charge in [-0.3, -0.25) is 4.68 Å². The molecule has 3 heteroatoms. The first-order valence-electron chi connectivity index (χ1n) is 6.52. The van der Waals surface area contributed by atoms with Crippen molar-refractivity contribution in [3.8, 4) is 0 Å². The number of aromatic nitrogens is 2. The van der Waals surface area contributed by atoms with Crippen molar-refractivity contribution in [2.24, 2.45) is 5.73 Å². The summed E-state index contributed by atoms with van der Waals surface area (Å²) >= 11 is 0. The van der Waals surface area contributed by atoms with Crippen molar-refractivity contribution < 1.29 is 0 Å². The van der Waals surface area contributed by atoms with Gasteiger partial charge in [-0.2, -0.15) is 5.10 Å². The Bertz CT molecular complexity index is 278. The maximum absolute atomic E-state index is 5.78. The van der Waals surface area contributed by atoms with Crippen LogP contribution in [0.4, 0.5) is 0 Å².